The van der Waals surface area contributed by atoms with Gasteiger partial charge < -0.3 is 0 Å². The molecule has 0 N–H and O–H groups in total. The van der Waals surface area contributed by atoms with Crippen LogP contribution in [-0.2, 0) is 4.79 Å². The van der Waals surface area contributed by atoms with E-state index in [0.717, 1.165) is 19.3 Å². The number of fused-ring (bicyclic) bond motifs is 1. The molecule has 2 rings (SSSR count). The zero-order valence-corrected chi connectivity index (χ0v) is 7.68. The standard InChI is InChI=1S/C11H16O/c1-11-6-3-2-4-9(11)8-10(12)5-7-11/h3,6,9H,2,4-5,7-8H2,1H3/t9-,11?/m0/s1. The quantitative estimate of drug-likeness (QED) is 0.503. The Bertz CT molecular complexity index is 229. The Morgan fingerprint density at radius 3 is 3.25 bits per heavy atom. The van der Waals surface area contributed by atoms with Gasteiger partial charge in [-0.2, -0.15) is 0 Å². The van der Waals surface area contributed by atoms with Crippen molar-refractivity contribution in [1.82, 2.24) is 0 Å². The van der Waals surface area contributed by atoms with E-state index < -0.39 is 0 Å². The lowest BCUT2D eigenvalue weighted by Gasteiger charge is -2.41. The second-order valence-corrected chi connectivity index (χ2v) is 4.43. The van der Waals surface area contributed by atoms with E-state index in [1.54, 1.807) is 0 Å². The number of allylic oxidation sites excluding steroid dienone is 2. The Morgan fingerprint density at radius 2 is 2.42 bits per heavy atom. The van der Waals surface area contributed by atoms with E-state index in [4.69, 9.17) is 0 Å². The molecular formula is C11H16O. The molecule has 1 saturated carbocycles. The third-order valence-corrected chi connectivity index (χ3v) is 3.53. The Balaban J connectivity index is 2.20. The minimum absolute atomic E-state index is 0.353. The molecule has 12 heavy (non-hydrogen) atoms. The third kappa shape index (κ3) is 1.21. The first-order valence-corrected chi connectivity index (χ1v) is 4.90. The van der Waals surface area contributed by atoms with E-state index in [1.165, 1.54) is 12.8 Å². The molecule has 0 amide bonds. The van der Waals surface area contributed by atoms with Crippen molar-refractivity contribution in [1.29, 1.82) is 0 Å². The highest BCUT2D eigenvalue weighted by Gasteiger charge is 2.38. The van der Waals surface area contributed by atoms with Crippen LogP contribution in [0.3, 0.4) is 0 Å². The summed E-state index contributed by atoms with van der Waals surface area (Å²) < 4.78 is 0. The average molecular weight is 164 g/mol. The molecule has 0 aliphatic heterocycles. The van der Waals surface area contributed by atoms with Gasteiger partial charge in [0.1, 0.15) is 5.78 Å². The molecule has 1 nitrogen and oxygen atoms in total. The largest absolute Gasteiger partial charge is 0.300 e. The molecule has 2 aliphatic carbocycles. The van der Waals surface area contributed by atoms with E-state index >= 15 is 0 Å². The zero-order valence-electron chi connectivity index (χ0n) is 7.68. The molecule has 0 spiro atoms. The molecular weight excluding hydrogens is 148 g/mol. The van der Waals surface area contributed by atoms with Gasteiger partial charge in [0.2, 0.25) is 0 Å². The summed E-state index contributed by atoms with van der Waals surface area (Å²) in [5, 5.41) is 0. The van der Waals surface area contributed by atoms with Gasteiger partial charge in [0, 0.05) is 12.8 Å². The van der Waals surface area contributed by atoms with E-state index in [0.29, 0.717) is 17.1 Å². The van der Waals surface area contributed by atoms with Crippen molar-refractivity contribution in [2.45, 2.75) is 39.0 Å². The molecule has 0 aromatic carbocycles. The predicted octanol–water partition coefficient (Wildman–Crippen LogP) is 2.71. The van der Waals surface area contributed by atoms with Gasteiger partial charge in [0.25, 0.3) is 0 Å². The van der Waals surface area contributed by atoms with Gasteiger partial charge in [-0.15, -0.1) is 0 Å². The molecule has 0 heterocycles. The molecule has 0 radical (unpaired) electrons. The van der Waals surface area contributed by atoms with Gasteiger partial charge in [-0.1, -0.05) is 19.1 Å². The fraction of sp³-hybridized carbons (Fsp3) is 0.727. The summed E-state index contributed by atoms with van der Waals surface area (Å²) >= 11 is 0. The zero-order chi connectivity index (χ0) is 8.60. The summed E-state index contributed by atoms with van der Waals surface area (Å²) in [4.78, 5) is 11.2. The minimum Gasteiger partial charge on any atom is -0.300 e. The van der Waals surface area contributed by atoms with Crippen LogP contribution in [0.4, 0.5) is 0 Å². The smallest absolute Gasteiger partial charge is 0.133 e. The highest BCUT2D eigenvalue weighted by atomic mass is 16.1. The summed E-state index contributed by atoms with van der Waals surface area (Å²) in [5.41, 5.74) is 0.353. The van der Waals surface area contributed by atoms with E-state index in [1.807, 2.05) is 0 Å². The van der Waals surface area contributed by atoms with Gasteiger partial charge in [0.15, 0.2) is 0 Å². The van der Waals surface area contributed by atoms with Crippen molar-refractivity contribution in [3.8, 4) is 0 Å². The van der Waals surface area contributed by atoms with Crippen molar-refractivity contribution < 1.29 is 4.79 Å². The first-order chi connectivity index (χ1) is 5.71. The lowest BCUT2D eigenvalue weighted by molar-refractivity contribution is -0.124. The van der Waals surface area contributed by atoms with Crippen LogP contribution in [0, 0.1) is 11.3 Å². The first-order valence-electron chi connectivity index (χ1n) is 4.90. The van der Waals surface area contributed by atoms with Crippen LogP contribution in [0.25, 0.3) is 0 Å². The molecule has 0 aromatic rings. The normalized spacial score (nSPS) is 41.1. The second kappa shape index (κ2) is 2.72. The highest BCUT2D eigenvalue weighted by molar-refractivity contribution is 5.79. The van der Waals surface area contributed by atoms with Crippen LogP contribution in [0.2, 0.25) is 0 Å². The summed E-state index contributed by atoms with van der Waals surface area (Å²) in [6, 6.07) is 0. The van der Waals surface area contributed by atoms with E-state index in [2.05, 4.69) is 19.1 Å². The van der Waals surface area contributed by atoms with Crippen molar-refractivity contribution in [2.24, 2.45) is 11.3 Å². The van der Waals surface area contributed by atoms with Crippen molar-refractivity contribution in [2.75, 3.05) is 0 Å². The van der Waals surface area contributed by atoms with Crippen LogP contribution >= 0.6 is 0 Å². The number of hydrogen-bond donors (Lipinski definition) is 0. The van der Waals surface area contributed by atoms with Gasteiger partial charge in [-0.3, -0.25) is 4.79 Å². The van der Waals surface area contributed by atoms with Crippen molar-refractivity contribution in [3.05, 3.63) is 12.2 Å². The monoisotopic (exact) mass is 164 g/mol. The Labute approximate surface area is 73.8 Å². The van der Waals surface area contributed by atoms with Crippen LogP contribution in [0.1, 0.15) is 39.0 Å². The van der Waals surface area contributed by atoms with Gasteiger partial charge in [0.05, 0.1) is 0 Å². The maximum atomic E-state index is 11.2. The second-order valence-electron chi connectivity index (χ2n) is 4.43. The Hall–Kier alpha value is -0.590. The fourth-order valence-electron chi connectivity index (χ4n) is 2.52. The Morgan fingerprint density at radius 1 is 1.58 bits per heavy atom. The van der Waals surface area contributed by atoms with Gasteiger partial charge >= 0.3 is 0 Å². The molecule has 2 aliphatic rings. The van der Waals surface area contributed by atoms with Crippen LogP contribution in [0.15, 0.2) is 12.2 Å². The van der Waals surface area contributed by atoms with Crippen molar-refractivity contribution in [3.63, 3.8) is 0 Å². The topological polar surface area (TPSA) is 17.1 Å². The molecule has 1 fully saturated rings. The Kier molecular flexibility index (Phi) is 1.82. The van der Waals surface area contributed by atoms with Crippen LogP contribution in [0.5, 0.6) is 0 Å². The maximum absolute atomic E-state index is 11.2. The molecule has 0 bridgehead atoms. The maximum Gasteiger partial charge on any atom is 0.133 e. The molecule has 0 saturated heterocycles. The lowest BCUT2D eigenvalue weighted by Crippen LogP contribution is -2.34. The highest BCUT2D eigenvalue weighted by Crippen LogP contribution is 2.45. The molecule has 1 unspecified atom stereocenters. The van der Waals surface area contributed by atoms with Crippen LogP contribution in [-0.4, -0.2) is 5.78 Å². The third-order valence-electron chi connectivity index (χ3n) is 3.53. The fourth-order valence-corrected chi connectivity index (χ4v) is 2.52. The number of carbonyl (C=O) groups excluding carboxylic acids is 1. The van der Waals surface area contributed by atoms with E-state index in [-0.39, 0.29) is 0 Å². The predicted molar refractivity (Wildman–Crippen MR) is 48.8 cm³/mol. The number of ketones is 1. The van der Waals surface area contributed by atoms with E-state index in [9.17, 15) is 4.79 Å². The summed E-state index contributed by atoms with van der Waals surface area (Å²) in [5.74, 6) is 1.12. The first kappa shape index (κ1) is 8.03. The molecule has 66 valence electrons. The average Bonchev–Trinajstić information content (AvgIpc) is 2.06. The summed E-state index contributed by atoms with van der Waals surface area (Å²) in [7, 11) is 0. The molecule has 0 aromatic heterocycles. The summed E-state index contributed by atoms with van der Waals surface area (Å²) in [6.07, 6.45) is 9.73. The van der Waals surface area contributed by atoms with Crippen molar-refractivity contribution >= 4 is 5.78 Å². The van der Waals surface area contributed by atoms with Crippen LogP contribution < -0.4 is 0 Å². The number of Topliss-reactive ketones (excluding diaryl/α,β-unsaturated/α-hetero) is 1. The SMILES string of the molecule is CC12C=CCC[C@H]1CC(=O)CC2. The number of hydrogen-bond acceptors (Lipinski definition) is 1. The lowest BCUT2D eigenvalue weighted by atomic mass is 9.63. The summed E-state index contributed by atoms with van der Waals surface area (Å²) in [6.45, 7) is 2.31. The molecule has 1 heteroatoms. The number of carbonyl (C=O) groups is 1. The van der Waals surface area contributed by atoms with Gasteiger partial charge in [-0.25, -0.2) is 0 Å². The molecule has 2 atom stereocenters. The van der Waals surface area contributed by atoms with Gasteiger partial charge in [-0.05, 0) is 30.6 Å². The number of rotatable bonds is 0. The minimum atomic E-state index is 0.353.